The van der Waals surface area contributed by atoms with Gasteiger partial charge in [0.15, 0.2) is 0 Å². The van der Waals surface area contributed by atoms with Gasteiger partial charge in [-0.05, 0) is 23.9 Å². The van der Waals surface area contributed by atoms with Gasteiger partial charge in [-0.15, -0.1) is 11.3 Å². The van der Waals surface area contributed by atoms with Crippen LogP contribution in [0, 0.1) is 0 Å². The van der Waals surface area contributed by atoms with Crippen molar-refractivity contribution in [2.75, 3.05) is 0 Å². The van der Waals surface area contributed by atoms with Crippen molar-refractivity contribution in [3.63, 3.8) is 0 Å². The lowest BCUT2D eigenvalue weighted by molar-refractivity contribution is 0.166. The van der Waals surface area contributed by atoms with Crippen LogP contribution >= 0.6 is 22.9 Å². The molecule has 0 bridgehead atoms. The maximum Gasteiger partial charge on any atom is 0.125 e. The van der Waals surface area contributed by atoms with Gasteiger partial charge in [0.05, 0.1) is 16.0 Å². The van der Waals surface area contributed by atoms with Crippen molar-refractivity contribution in [3.05, 3.63) is 51.2 Å². The third kappa shape index (κ3) is 3.05. The van der Waals surface area contributed by atoms with E-state index in [1.165, 1.54) is 0 Å². The third-order valence-electron chi connectivity index (χ3n) is 2.71. The quantitative estimate of drug-likeness (QED) is 0.879. The van der Waals surface area contributed by atoms with E-state index >= 15 is 0 Å². The lowest BCUT2D eigenvalue weighted by Crippen LogP contribution is -2.01. The molecule has 18 heavy (non-hydrogen) atoms. The Morgan fingerprint density at radius 1 is 1.33 bits per heavy atom. The van der Waals surface area contributed by atoms with Crippen molar-refractivity contribution in [2.45, 2.75) is 26.1 Å². The highest BCUT2D eigenvalue weighted by Gasteiger charge is 2.11. The van der Waals surface area contributed by atoms with Crippen LogP contribution in [0.4, 0.5) is 0 Å². The number of ether oxygens (including phenoxy) is 1. The Balaban J connectivity index is 2.12. The van der Waals surface area contributed by atoms with Crippen LogP contribution in [0.25, 0.3) is 0 Å². The van der Waals surface area contributed by atoms with Crippen LogP contribution in [0.15, 0.2) is 35.7 Å². The van der Waals surface area contributed by atoms with Gasteiger partial charge in [-0.3, -0.25) is 0 Å². The van der Waals surface area contributed by atoms with Crippen LogP contribution in [0.1, 0.15) is 29.9 Å². The normalized spacial score (nSPS) is 12.4. The number of aliphatic hydroxyl groups excluding tert-OH is 1. The van der Waals surface area contributed by atoms with Crippen molar-refractivity contribution < 1.29 is 9.84 Å². The molecule has 1 N–H and O–H groups in total. The molecule has 2 nitrogen and oxygen atoms in total. The van der Waals surface area contributed by atoms with Crippen LogP contribution in [0.5, 0.6) is 5.75 Å². The minimum Gasteiger partial charge on any atom is -0.488 e. The lowest BCUT2D eigenvalue weighted by Gasteiger charge is -2.14. The van der Waals surface area contributed by atoms with E-state index in [2.05, 4.69) is 0 Å². The molecule has 0 amide bonds. The molecule has 4 heteroatoms. The second-order valence-electron chi connectivity index (χ2n) is 3.94. The Bertz CT molecular complexity index is 510. The van der Waals surface area contributed by atoms with Crippen molar-refractivity contribution in [3.8, 4) is 5.75 Å². The molecule has 2 aromatic rings. The van der Waals surface area contributed by atoms with Gasteiger partial charge in [-0.2, -0.15) is 0 Å². The molecule has 0 saturated carbocycles. The highest BCUT2D eigenvalue weighted by Crippen LogP contribution is 2.29. The highest BCUT2D eigenvalue weighted by molar-refractivity contribution is 7.10. The van der Waals surface area contributed by atoms with Crippen LogP contribution in [-0.2, 0) is 6.61 Å². The summed E-state index contributed by atoms with van der Waals surface area (Å²) in [5.41, 5.74) is 0.827. The number of hydrogen-bond donors (Lipinski definition) is 1. The van der Waals surface area contributed by atoms with Crippen LogP contribution in [-0.4, -0.2) is 5.11 Å². The zero-order valence-corrected chi connectivity index (χ0v) is 11.7. The summed E-state index contributed by atoms with van der Waals surface area (Å²) in [5, 5.41) is 12.6. The Morgan fingerprint density at radius 3 is 2.78 bits per heavy atom. The summed E-state index contributed by atoms with van der Waals surface area (Å²) in [6.07, 6.45) is 0.181. The molecule has 96 valence electrons. The topological polar surface area (TPSA) is 29.5 Å². The van der Waals surface area contributed by atoms with E-state index in [4.69, 9.17) is 16.3 Å². The number of benzene rings is 1. The van der Waals surface area contributed by atoms with Crippen molar-refractivity contribution in [1.29, 1.82) is 0 Å². The van der Waals surface area contributed by atoms with Crippen LogP contribution < -0.4 is 4.74 Å². The number of aliphatic hydroxyl groups is 1. The molecular weight excluding hydrogens is 268 g/mol. The van der Waals surface area contributed by atoms with Gasteiger partial charge in [-0.1, -0.05) is 36.7 Å². The Morgan fingerprint density at radius 2 is 2.11 bits per heavy atom. The first-order valence-electron chi connectivity index (χ1n) is 5.84. The summed E-state index contributed by atoms with van der Waals surface area (Å²) in [7, 11) is 0. The van der Waals surface area contributed by atoms with Crippen molar-refractivity contribution in [1.82, 2.24) is 0 Å². The molecule has 2 rings (SSSR count). The van der Waals surface area contributed by atoms with Gasteiger partial charge in [0, 0.05) is 5.56 Å². The van der Waals surface area contributed by atoms with Gasteiger partial charge in [0.1, 0.15) is 12.4 Å². The molecule has 0 unspecified atom stereocenters. The summed E-state index contributed by atoms with van der Waals surface area (Å²) < 4.78 is 5.75. The fourth-order valence-corrected chi connectivity index (χ4v) is 2.68. The van der Waals surface area contributed by atoms with Gasteiger partial charge in [0.2, 0.25) is 0 Å². The summed E-state index contributed by atoms with van der Waals surface area (Å²) in [4.78, 5) is 0.998. The Hall–Kier alpha value is -1.03. The molecule has 0 aliphatic heterocycles. The molecule has 1 aromatic carbocycles. The molecule has 0 aliphatic carbocycles. The average Bonchev–Trinajstić information content (AvgIpc) is 2.81. The van der Waals surface area contributed by atoms with E-state index < -0.39 is 6.10 Å². The minimum absolute atomic E-state index is 0.434. The van der Waals surface area contributed by atoms with E-state index in [1.54, 1.807) is 11.3 Å². The van der Waals surface area contributed by atoms with E-state index in [0.717, 1.165) is 21.2 Å². The first-order chi connectivity index (χ1) is 8.72. The monoisotopic (exact) mass is 282 g/mol. The second kappa shape index (κ2) is 6.23. The average molecular weight is 283 g/mol. The maximum atomic E-state index is 9.92. The SMILES string of the molecule is CC[C@@H](O)c1ccccc1OCc1sccc1Cl. The Labute approximate surface area is 116 Å². The van der Waals surface area contributed by atoms with Crippen LogP contribution in [0.3, 0.4) is 0 Å². The fraction of sp³-hybridized carbons (Fsp3) is 0.286. The summed E-state index contributed by atoms with van der Waals surface area (Å²) in [5.74, 6) is 0.719. The maximum absolute atomic E-state index is 9.92. The van der Waals surface area contributed by atoms with Gasteiger partial charge >= 0.3 is 0 Å². The standard InChI is InChI=1S/C14H15ClO2S/c1-2-12(16)10-5-3-4-6-13(10)17-9-14-11(15)7-8-18-14/h3-8,12,16H,2,9H2,1H3/t12-/m1/s1. The predicted octanol–water partition coefficient (Wildman–Crippen LogP) is 4.42. The summed E-state index contributed by atoms with van der Waals surface area (Å²) in [6.45, 7) is 2.38. The largest absolute Gasteiger partial charge is 0.488 e. The highest BCUT2D eigenvalue weighted by atomic mass is 35.5. The van der Waals surface area contributed by atoms with Gasteiger partial charge in [-0.25, -0.2) is 0 Å². The first kappa shape index (κ1) is 13.4. The van der Waals surface area contributed by atoms with E-state index in [9.17, 15) is 5.11 Å². The van der Waals surface area contributed by atoms with Crippen LogP contribution in [0.2, 0.25) is 5.02 Å². The van der Waals surface area contributed by atoms with Gasteiger partial charge < -0.3 is 9.84 Å². The number of thiophene rings is 1. The number of para-hydroxylation sites is 1. The summed E-state index contributed by atoms with van der Waals surface area (Å²) >= 11 is 7.59. The molecule has 0 spiro atoms. The van der Waals surface area contributed by atoms with E-state index in [0.29, 0.717) is 13.0 Å². The number of hydrogen-bond acceptors (Lipinski definition) is 3. The minimum atomic E-state index is -0.486. The molecule has 1 aromatic heterocycles. The van der Waals surface area contributed by atoms with E-state index in [1.807, 2.05) is 42.6 Å². The first-order valence-corrected chi connectivity index (χ1v) is 7.09. The third-order valence-corrected chi connectivity index (χ3v) is 4.08. The van der Waals surface area contributed by atoms with Crippen molar-refractivity contribution >= 4 is 22.9 Å². The van der Waals surface area contributed by atoms with Crippen molar-refractivity contribution in [2.24, 2.45) is 0 Å². The Kier molecular flexibility index (Phi) is 4.64. The molecule has 0 saturated heterocycles. The molecule has 1 heterocycles. The molecule has 0 aliphatic rings. The second-order valence-corrected chi connectivity index (χ2v) is 5.35. The predicted molar refractivity (Wildman–Crippen MR) is 75.4 cm³/mol. The molecule has 0 fully saturated rings. The zero-order chi connectivity index (χ0) is 13.0. The zero-order valence-electron chi connectivity index (χ0n) is 10.1. The fourth-order valence-electron chi connectivity index (χ4n) is 1.68. The van der Waals surface area contributed by atoms with Gasteiger partial charge in [0.25, 0.3) is 0 Å². The molecule has 1 atom stereocenters. The van der Waals surface area contributed by atoms with E-state index in [-0.39, 0.29) is 0 Å². The number of rotatable bonds is 5. The molecule has 0 radical (unpaired) electrons. The summed E-state index contributed by atoms with van der Waals surface area (Å²) in [6, 6.07) is 9.42. The smallest absolute Gasteiger partial charge is 0.125 e. The molecular formula is C14H15ClO2S. The lowest BCUT2D eigenvalue weighted by atomic mass is 10.1. The number of halogens is 1.